The van der Waals surface area contributed by atoms with Crippen LogP contribution < -0.4 is 31.7 Å². The van der Waals surface area contributed by atoms with Gasteiger partial charge in [0.25, 0.3) is 11.5 Å². The SMILES string of the molecule is CC(=O)CCC(NC(=O)c1ccc(N(C)CC2CNc3nc(N)[nH]c(=O)c3N2C)cc1)C(=O)O. The Morgan fingerprint density at radius 2 is 2.00 bits per heavy atom. The third kappa shape index (κ3) is 5.63. The first-order valence-electron chi connectivity index (χ1n) is 10.8. The van der Waals surface area contributed by atoms with Crippen LogP contribution in [0.2, 0.25) is 0 Å². The topological polar surface area (TPSA) is 174 Å². The average Bonchev–Trinajstić information content (AvgIpc) is 2.77. The number of likely N-dealkylation sites (N-methyl/N-ethyl adjacent to an activating group) is 2. The van der Waals surface area contributed by atoms with E-state index in [-0.39, 0.29) is 36.2 Å². The number of carboxylic acid groups (broad SMARTS) is 1. The number of nitrogens with one attached hydrogen (secondary N) is 3. The van der Waals surface area contributed by atoms with Gasteiger partial charge in [-0.1, -0.05) is 0 Å². The second kappa shape index (κ2) is 10.2. The minimum atomic E-state index is -1.19. The summed E-state index contributed by atoms with van der Waals surface area (Å²) in [6, 6.07) is 5.58. The van der Waals surface area contributed by atoms with Crippen molar-refractivity contribution in [2.24, 2.45) is 0 Å². The molecule has 0 bridgehead atoms. The van der Waals surface area contributed by atoms with E-state index < -0.39 is 17.9 Å². The molecular weight excluding hydrogens is 442 g/mol. The molecule has 1 aromatic heterocycles. The number of nitrogens with two attached hydrogens (primary N) is 1. The maximum Gasteiger partial charge on any atom is 0.326 e. The van der Waals surface area contributed by atoms with Crippen LogP contribution in [0.5, 0.6) is 0 Å². The van der Waals surface area contributed by atoms with Crippen molar-refractivity contribution in [2.75, 3.05) is 48.0 Å². The van der Waals surface area contributed by atoms with Crippen LogP contribution in [0, 0.1) is 0 Å². The molecular formula is C22H29N7O5. The van der Waals surface area contributed by atoms with Crippen LogP contribution in [0.3, 0.4) is 0 Å². The van der Waals surface area contributed by atoms with Crippen molar-refractivity contribution >= 4 is 40.8 Å². The third-order valence-electron chi connectivity index (χ3n) is 5.76. The highest BCUT2D eigenvalue weighted by atomic mass is 16.4. The van der Waals surface area contributed by atoms with Crippen LogP contribution in [0.1, 0.15) is 30.1 Å². The summed E-state index contributed by atoms with van der Waals surface area (Å²) in [5, 5.41) is 14.9. The average molecular weight is 472 g/mol. The van der Waals surface area contributed by atoms with Gasteiger partial charge in [-0.2, -0.15) is 4.98 Å². The minimum absolute atomic E-state index is 0.0360. The highest BCUT2D eigenvalue weighted by Gasteiger charge is 2.28. The van der Waals surface area contributed by atoms with E-state index in [4.69, 9.17) is 5.73 Å². The normalized spacial score (nSPS) is 15.6. The van der Waals surface area contributed by atoms with Gasteiger partial charge in [-0.15, -0.1) is 0 Å². The highest BCUT2D eigenvalue weighted by molar-refractivity contribution is 5.97. The Balaban J connectivity index is 1.64. The molecule has 1 aromatic carbocycles. The van der Waals surface area contributed by atoms with Crippen LogP contribution in [0.4, 0.5) is 23.1 Å². The number of carboxylic acids is 1. The molecule has 0 aliphatic carbocycles. The molecule has 1 aliphatic heterocycles. The first-order chi connectivity index (χ1) is 16.1. The molecule has 2 heterocycles. The largest absolute Gasteiger partial charge is 0.480 e. The number of benzene rings is 1. The van der Waals surface area contributed by atoms with Crippen molar-refractivity contribution in [3.63, 3.8) is 0 Å². The van der Waals surface area contributed by atoms with Crippen molar-refractivity contribution in [1.29, 1.82) is 0 Å². The second-order valence-electron chi connectivity index (χ2n) is 8.33. The van der Waals surface area contributed by atoms with Crippen LogP contribution in [0.15, 0.2) is 29.1 Å². The van der Waals surface area contributed by atoms with E-state index in [0.29, 0.717) is 30.2 Å². The number of hydrogen-bond donors (Lipinski definition) is 5. The Labute approximate surface area is 196 Å². The number of rotatable bonds is 9. The van der Waals surface area contributed by atoms with E-state index in [0.717, 1.165) is 5.69 Å². The number of anilines is 4. The number of nitrogens with zero attached hydrogens (tertiary/aromatic N) is 3. The van der Waals surface area contributed by atoms with Gasteiger partial charge in [0.1, 0.15) is 17.5 Å². The number of aromatic amines is 1. The molecule has 1 aliphatic rings. The number of carbonyl (C=O) groups is 3. The zero-order valence-corrected chi connectivity index (χ0v) is 19.3. The quantitative estimate of drug-likeness (QED) is 0.341. The lowest BCUT2D eigenvalue weighted by Crippen LogP contribution is -2.50. The predicted octanol–water partition coefficient (Wildman–Crippen LogP) is 0.271. The number of fused-ring (bicyclic) bond motifs is 1. The smallest absolute Gasteiger partial charge is 0.326 e. The van der Waals surface area contributed by atoms with Crippen LogP contribution in [0.25, 0.3) is 0 Å². The van der Waals surface area contributed by atoms with E-state index in [9.17, 15) is 24.3 Å². The summed E-state index contributed by atoms with van der Waals surface area (Å²) in [4.78, 5) is 57.8. The number of amides is 1. The molecule has 2 atom stereocenters. The van der Waals surface area contributed by atoms with E-state index in [2.05, 4.69) is 20.6 Å². The zero-order chi connectivity index (χ0) is 25.0. The highest BCUT2D eigenvalue weighted by Crippen LogP contribution is 2.26. The van der Waals surface area contributed by atoms with Crippen LogP contribution >= 0.6 is 0 Å². The maximum atomic E-state index is 12.5. The van der Waals surface area contributed by atoms with Crippen molar-refractivity contribution in [1.82, 2.24) is 15.3 Å². The molecule has 12 heteroatoms. The Bertz CT molecular complexity index is 1130. The van der Waals surface area contributed by atoms with E-state index in [1.54, 1.807) is 24.3 Å². The van der Waals surface area contributed by atoms with Crippen molar-refractivity contribution in [3.05, 3.63) is 40.2 Å². The van der Waals surface area contributed by atoms with Gasteiger partial charge in [0.2, 0.25) is 5.95 Å². The van der Waals surface area contributed by atoms with Crippen molar-refractivity contribution < 1.29 is 19.5 Å². The number of H-pyrrole nitrogens is 1. The number of aliphatic carboxylic acids is 1. The molecule has 0 saturated heterocycles. The van der Waals surface area contributed by atoms with Gasteiger partial charge < -0.3 is 36.1 Å². The van der Waals surface area contributed by atoms with Gasteiger partial charge in [-0.05, 0) is 37.6 Å². The Morgan fingerprint density at radius 1 is 1.32 bits per heavy atom. The second-order valence-corrected chi connectivity index (χ2v) is 8.33. The predicted molar refractivity (Wildman–Crippen MR) is 128 cm³/mol. The van der Waals surface area contributed by atoms with Crippen molar-refractivity contribution in [3.8, 4) is 0 Å². The first kappa shape index (κ1) is 24.6. The molecule has 0 saturated carbocycles. The van der Waals surface area contributed by atoms with Gasteiger partial charge in [0.15, 0.2) is 5.82 Å². The van der Waals surface area contributed by atoms with Crippen molar-refractivity contribution in [2.45, 2.75) is 31.8 Å². The summed E-state index contributed by atoms with van der Waals surface area (Å²) >= 11 is 0. The summed E-state index contributed by atoms with van der Waals surface area (Å²) in [6.07, 6.45) is 0.111. The molecule has 0 spiro atoms. The monoisotopic (exact) mass is 471 g/mol. The number of ketones is 1. The number of hydrogen-bond acceptors (Lipinski definition) is 9. The summed E-state index contributed by atoms with van der Waals surface area (Å²) in [5.41, 5.74) is 6.87. The molecule has 12 nitrogen and oxygen atoms in total. The fraction of sp³-hybridized carbons (Fsp3) is 0.409. The number of aromatic nitrogens is 2. The van der Waals surface area contributed by atoms with E-state index in [1.165, 1.54) is 6.92 Å². The third-order valence-corrected chi connectivity index (χ3v) is 5.76. The molecule has 0 radical (unpaired) electrons. The lowest BCUT2D eigenvalue weighted by molar-refractivity contribution is -0.139. The summed E-state index contributed by atoms with van der Waals surface area (Å²) in [5.74, 6) is -1.35. The molecule has 1 amide bonds. The standard InChI is InChI=1S/C22H29N7O5/c1-12(30)4-9-16(21(33)34)25-19(31)13-5-7-14(8-6-13)28(2)11-15-10-24-18-17(29(15)3)20(32)27-22(23)26-18/h5-8,15-16H,4,9-11H2,1-3H3,(H,25,31)(H,33,34)(H4,23,24,26,27,32). The van der Waals surface area contributed by atoms with E-state index >= 15 is 0 Å². The lowest BCUT2D eigenvalue weighted by atomic mass is 10.1. The number of carbonyl (C=O) groups excluding carboxylic acids is 2. The van der Waals surface area contributed by atoms with Gasteiger partial charge in [-0.25, -0.2) is 4.79 Å². The number of nitrogen functional groups attached to an aromatic ring is 1. The van der Waals surface area contributed by atoms with Crippen LogP contribution in [-0.2, 0) is 9.59 Å². The summed E-state index contributed by atoms with van der Waals surface area (Å²) in [6.45, 7) is 2.51. The van der Waals surface area contributed by atoms with Gasteiger partial charge in [0, 0.05) is 44.9 Å². The Kier molecular flexibility index (Phi) is 7.39. The molecule has 34 heavy (non-hydrogen) atoms. The first-order valence-corrected chi connectivity index (χ1v) is 10.8. The minimum Gasteiger partial charge on any atom is -0.480 e. The van der Waals surface area contributed by atoms with E-state index in [1.807, 2.05) is 23.9 Å². The summed E-state index contributed by atoms with van der Waals surface area (Å²) < 4.78 is 0. The van der Waals surface area contributed by atoms with Gasteiger partial charge in [-0.3, -0.25) is 14.6 Å². The van der Waals surface area contributed by atoms with Crippen LogP contribution in [-0.4, -0.2) is 72.0 Å². The number of Topliss-reactive ketones (excluding diaryl/α,β-unsaturated/α-hetero) is 1. The Hall–Kier alpha value is -4.09. The summed E-state index contributed by atoms with van der Waals surface area (Å²) in [7, 11) is 3.72. The zero-order valence-electron chi connectivity index (χ0n) is 19.3. The molecule has 6 N–H and O–H groups in total. The molecule has 182 valence electrons. The Morgan fingerprint density at radius 3 is 2.62 bits per heavy atom. The van der Waals surface area contributed by atoms with Gasteiger partial charge >= 0.3 is 5.97 Å². The fourth-order valence-corrected chi connectivity index (χ4v) is 3.79. The molecule has 2 aromatic rings. The molecule has 0 fully saturated rings. The maximum absolute atomic E-state index is 12.5. The molecule has 2 unspecified atom stereocenters. The lowest BCUT2D eigenvalue weighted by Gasteiger charge is -2.37. The molecule has 3 rings (SSSR count). The van der Waals surface area contributed by atoms with Gasteiger partial charge in [0.05, 0.1) is 6.04 Å². The fourth-order valence-electron chi connectivity index (χ4n) is 3.79.